The van der Waals surface area contributed by atoms with Crippen LogP contribution < -0.4 is 5.73 Å². The Morgan fingerprint density at radius 1 is 0.971 bits per heavy atom. The minimum absolute atomic E-state index is 0.267. The maximum atomic E-state index is 12.6. The molecule has 0 saturated heterocycles. The first kappa shape index (κ1) is 23.6. The second-order valence-electron chi connectivity index (χ2n) is 8.70. The quantitative estimate of drug-likeness (QED) is 0.165. The van der Waals surface area contributed by atoms with Gasteiger partial charge in [-0.25, -0.2) is 9.78 Å². The predicted octanol–water partition coefficient (Wildman–Crippen LogP) is 6.63. The van der Waals surface area contributed by atoms with Gasteiger partial charge < -0.3 is 15.0 Å². The van der Waals surface area contributed by atoms with Gasteiger partial charge in [-0.3, -0.25) is 0 Å². The average molecular weight is 456 g/mol. The molecule has 5 heteroatoms. The molecule has 2 N–H and O–H groups in total. The number of nitrogen functional groups attached to an aromatic ring is 1. The van der Waals surface area contributed by atoms with Crippen LogP contribution in [0.4, 0.5) is 5.69 Å². The van der Waals surface area contributed by atoms with E-state index in [9.17, 15) is 4.79 Å². The average Bonchev–Trinajstić information content (AvgIpc) is 3.19. The summed E-state index contributed by atoms with van der Waals surface area (Å²) in [5.41, 5.74) is 12.5. The Hall–Kier alpha value is -3.60. The van der Waals surface area contributed by atoms with E-state index in [4.69, 9.17) is 15.5 Å². The number of hydrogen-bond donors (Lipinski definition) is 1. The molecule has 0 aliphatic rings. The van der Waals surface area contributed by atoms with Crippen molar-refractivity contribution >= 4 is 22.7 Å². The third-order valence-corrected chi connectivity index (χ3v) is 6.09. The number of imidazole rings is 1. The normalized spacial score (nSPS) is 11.1. The number of carbonyl (C=O) groups excluding carboxylic acids is 1. The Morgan fingerprint density at radius 2 is 1.74 bits per heavy atom. The van der Waals surface area contributed by atoms with Crippen LogP contribution in [0.25, 0.3) is 22.2 Å². The molecule has 0 fully saturated rings. The molecule has 0 bridgehead atoms. The lowest BCUT2D eigenvalue weighted by atomic mass is 9.98. The van der Waals surface area contributed by atoms with Gasteiger partial charge in [0.25, 0.3) is 0 Å². The third kappa shape index (κ3) is 5.30. The van der Waals surface area contributed by atoms with E-state index in [1.807, 2.05) is 42.5 Å². The molecule has 0 atom stereocenters. The smallest absolute Gasteiger partial charge is 0.338 e. The molecule has 4 aromatic rings. The third-order valence-electron chi connectivity index (χ3n) is 6.09. The molecule has 0 aliphatic heterocycles. The largest absolute Gasteiger partial charge is 0.462 e. The van der Waals surface area contributed by atoms with E-state index in [-0.39, 0.29) is 5.97 Å². The number of fused-ring (bicyclic) bond motifs is 1. The number of anilines is 1. The van der Waals surface area contributed by atoms with Gasteiger partial charge in [0, 0.05) is 18.7 Å². The highest BCUT2D eigenvalue weighted by Gasteiger charge is 2.15. The Balaban J connectivity index is 1.60. The molecule has 0 amide bonds. The number of carbonyl (C=O) groups is 1. The van der Waals surface area contributed by atoms with Crippen LogP contribution in [0.2, 0.25) is 0 Å². The Morgan fingerprint density at radius 3 is 2.50 bits per heavy atom. The molecule has 34 heavy (non-hydrogen) atoms. The minimum atomic E-state index is -0.267. The standard InChI is InChI=1S/C29H33N3O2/c1-3-5-11-28-31-26-17-16-23(30)19-27(26)32(28)20-21-12-14-22(15-13-21)24-9-7-8-10-25(24)29(33)34-18-6-4-2/h7-10,12-17,19H,3-6,11,18,20,30H2,1-2H3. The van der Waals surface area contributed by atoms with Crippen LogP contribution in [0.15, 0.2) is 66.7 Å². The zero-order valence-electron chi connectivity index (χ0n) is 20.1. The van der Waals surface area contributed by atoms with E-state index in [1.54, 1.807) is 0 Å². The summed E-state index contributed by atoms with van der Waals surface area (Å²) in [5.74, 6) is 0.822. The highest BCUT2D eigenvalue weighted by Crippen LogP contribution is 2.26. The van der Waals surface area contributed by atoms with E-state index in [2.05, 4.69) is 42.7 Å². The lowest BCUT2D eigenvalue weighted by molar-refractivity contribution is 0.0500. The van der Waals surface area contributed by atoms with Crippen molar-refractivity contribution in [2.75, 3.05) is 12.3 Å². The molecule has 0 saturated carbocycles. The molecule has 176 valence electrons. The summed E-state index contributed by atoms with van der Waals surface area (Å²) in [6.45, 7) is 5.45. The number of aryl methyl sites for hydroxylation is 1. The zero-order chi connectivity index (χ0) is 23.9. The van der Waals surface area contributed by atoms with Gasteiger partial charge in [-0.2, -0.15) is 0 Å². The van der Waals surface area contributed by atoms with E-state index in [1.165, 1.54) is 5.56 Å². The molecule has 5 nitrogen and oxygen atoms in total. The Kier molecular flexibility index (Phi) is 7.63. The molecular weight excluding hydrogens is 422 g/mol. The van der Waals surface area contributed by atoms with Gasteiger partial charge >= 0.3 is 5.97 Å². The maximum absolute atomic E-state index is 12.6. The zero-order valence-corrected chi connectivity index (χ0v) is 20.1. The second-order valence-corrected chi connectivity index (χ2v) is 8.70. The molecule has 1 heterocycles. The van der Waals surface area contributed by atoms with Gasteiger partial charge in [-0.1, -0.05) is 69.2 Å². The molecule has 0 spiro atoms. The Labute approximate surface area is 201 Å². The van der Waals surface area contributed by atoms with Crippen LogP contribution in [0.3, 0.4) is 0 Å². The topological polar surface area (TPSA) is 70.1 Å². The Bertz CT molecular complexity index is 1260. The molecule has 0 aliphatic carbocycles. The van der Waals surface area contributed by atoms with Crippen LogP contribution in [-0.2, 0) is 17.7 Å². The van der Waals surface area contributed by atoms with Crippen LogP contribution in [0.5, 0.6) is 0 Å². The number of unbranched alkanes of at least 4 members (excludes halogenated alkanes) is 2. The molecular formula is C29H33N3O2. The van der Waals surface area contributed by atoms with Crippen LogP contribution >= 0.6 is 0 Å². The molecule has 1 aromatic heterocycles. The van der Waals surface area contributed by atoms with Gasteiger partial charge in [0.15, 0.2) is 0 Å². The van der Waals surface area contributed by atoms with Gasteiger partial charge in [-0.15, -0.1) is 0 Å². The van der Waals surface area contributed by atoms with Crippen molar-refractivity contribution in [2.24, 2.45) is 0 Å². The van der Waals surface area contributed by atoms with Crippen molar-refractivity contribution in [3.05, 3.63) is 83.7 Å². The number of nitrogens with zero attached hydrogens (tertiary/aromatic N) is 2. The number of rotatable bonds is 10. The molecule has 0 radical (unpaired) electrons. The monoisotopic (exact) mass is 455 g/mol. The summed E-state index contributed by atoms with van der Waals surface area (Å²) in [6, 6.07) is 21.9. The number of esters is 1. The van der Waals surface area contributed by atoms with E-state index >= 15 is 0 Å². The van der Waals surface area contributed by atoms with Crippen molar-refractivity contribution in [3.8, 4) is 11.1 Å². The molecule has 4 rings (SSSR count). The molecule has 3 aromatic carbocycles. The van der Waals surface area contributed by atoms with Crippen molar-refractivity contribution < 1.29 is 9.53 Å². The predicted molar refractivity (Wildman–Crippen MR) is 139 cm³/mol. The number of ether oxygens (including phenoxy) is 1. The first-order valence-corrected chi connectivity index (χ1v) is 12.2. The van der Waals surface area contributed by atoms with Crippen LogP contribution in [0.1, 0.15) is 61.3 Å². The van der Waals surface area contributed by atoms with E-state index in [0.29, 0.717) is 12.2 Å². The van der Waals surface area contributed by atoms with Gasteiger partial charge in [-0.05, 0) is 53.8 Å². The maximum Gasteiger partial charge on any atom is 0.338 e. The fourth-order valence-corrected chi connectivity index (χ4v) is 4.16. The fraction of sp³-hybridized carbons (Fsp3) is 0.310. The van der Waals surface area contributed by atoms with Crippen molar-refractivity contribution in [1.82, 2.24) is 9.55 Å². The number of nitrogens with two attached hydrogens (primary N) is 1. The fourth-order valence-electron chi connectivity index (χ4n) is 4.16. The van der Waals surface area contributed by atoms with Crippen molar-refractivity contribution in [2.45, 2.75) is 52.5 Å². The minimum Gasteiger partial charge on any atom is -0.462 e. The first-order valence-electron chi connectivity index (χ1n) is 12.2. The number of aromatic nitrogens is 2. The SMILES string of the molecule is CCCCOC(=O)c1ccccc1-c1ccc(Cn2c(CCCC)nc3ccc(N)cc32)cc1. The van der Waals surface area contributed by atoms with Gasteiger partial charge in [0.05, 0.1) is 23.2 Å². The number of hydrogen-bond acceptors (Lipinski definition) is 4. The van der Waals surface area contributed by atoms with Crippen molar-refractivity contribution in [3.63, 3.8) is 0 Å². The van der Waals surface area contributed by atoms with Crippen LogP contribution in [-0.4, -0.2) is 22.1 Å². The van der Waals surface area contributed by atoms with Gasteiger partial charge in [0.2, 0.25) is 0 Å². The summed E-state index contributed by atoms with van der Waals surface area (Å²) >= 11 is 0. The van der Waals surface area contributed by atoms with E-state index < -0.39 is 0 Å². The lowest BCUT2D eigenvalue weighted by Gasteiger charge is -2.12. The summed E-state index contributed by atoms with van der Waals surface area (Å²) in [4.78, 5) is 17.5. The highest BCUT2D eigenvalue weighted by atomic mass is 16.5. The van der Waals surface area contributed by atoms with Crippen LogP contribution in [0, 0.1) is 0 Å². The van der Waals surface area contributed by atoms with Gasteiger partial charge in [0.1, 0.15) is 5.82 Å². The van der Waals surface area contributed by atoms with E-state index in [0.717, 1.165) is 72.3 Å². The summed E-state index contributed by atoms with van der Waals surface area (Å²) in [7, 11) is 0. The highest BCUT2D eigenvalue weighted by molar-refractivity contribution is 5.97. The first-order chi connectivity index (χ1) is 16.6. The second kappa shape index (κ2) is 11.0. The molecule has 0 unspecified atom stereocenters. The summed E-state index contributed by atoms with van der Waals surface area (Å²) < 4.78 is 7.73. The lowest BCUT2D eigenvalue weighted by Crippen LogP contribution is -2.08. The van der Waals surface area contributed by atoms with Crippen molar-refractivity contribution in [1.29, 1.82) is 0 Å². The number of benzene rings is 3. The summed E-state index contributed by atoms with van der Waals surface area (Å²) in [5, 5.41) is 0. The summed E-state index contributed by atoms with van der Waals surface area (Å²) in [6.07, 6.45) is 5.03.